The number of amides is 2. The van der Waals surface area contributed by atoms with Crippen molar-refractivity contribution >= 4 is 68.4 Å². The molecule has 2 aliphatic heterocycles. The lowest BCUT2D eigenvalue weighted by molar-refractivity contribution is -0.124. The van der Waals surface area contributed by atoms with Crippen LogP contribution >= 0.6 is 48.0 Å². The molecule has 0 aromatic rings. The van der Waals surface area contributed by atoms with Gasteiger partial charge < -0.3 is 0 Å². The predicted molar refractivity (Wildman–Crippen MR) is 82.2 cm³/mol. The van der Waals surface area contributed by atoms with Crippen LogP contribution in [0, 0.1) is 0 Å². The van der Waals surface area contributed by atoms with Gasteiger partial charge in [0.1, 0.15) is 8.64 Å². The topological polar surface area (TPSA) is 40.6 Å². The zero-order valence-corrected chi connectivity index (χ0v) is 13.0. The molecule has 2 rings (SSSR count). The lowest BCUT2D eigenvalue weighted by Gasteiger charge is -2.10. The molecule has 0 unspecified atom stereocenters. The van der Waals surface area contributed by atoms with Gasteiger partial charge in [-0.3, -0.25) is 19.4 Å². The maximum absolute atomic E-state index is 12.1. The number of rotatable bonds is 2. The summed E-state index contributed by atoms with van der Waals surface area (Å²) >= 11 is 12.6. The Labute approximate surface area is 124 Å². The van der Waals surface area contributed by atoms with Crippen LogP contribution in [0.2, 0.25) is 0 Å². The van der Waals surface area contributed by atoms with E-state index in [2.05, 4.69) is 0 Å². The van der Waals surface area contributed by atoms with Crippen molar-refractivity contribution in [3.8, 4) is 0 Å². The SMILES string of the molecule is CCN1C(=O)C(=C2SC(=S)N(CC)C2=O)SC1=S. The van der Waals surface area contributed by atoms with Crippen molar-refractivity contribution in [3.63, 3.8) is 0 Å². The van der Waals surface area contributed by atoms with Crippen molar-refractivity contribution in [1.82, 2.24) is 9.80 Å². The van der Waals surface area contributed by atoms with E-state index in [1.54, 1.807) is 0 Å². The fourth-order valence-electron chi connectivity index (χ4n) is 1.62. The molecule has 0 aliphatic carbocycles. The van der Waals surface area contributed by atoms with Gasteiger partial charge in [-0.05, 0) is 13.8 Å². The molecule has 18 heavy (non-hydrogen) atoms. The first-order valence-electron chi connectivity index (χ1n) is 5.32. The summed E-state index contributed by atoms with van der Waals surface area (Å²) in [6, 6.07) is 0. The Morgan fingerprint density at radius 3 is 1.44 bits per heavy atom. The molecular weight excluding hydrogens is 308 g/mol. The number of nitrogens with zero attached hydrogens (tertiary/aromatic N) is 2. The van der Waals surface area contributed by atoms with Gasteiger partial charge in [-0.15, -0.1) is 0 Å². The normalized spacial score (nSPS) is 24.8. The minimum atomic E-state index is -0.191. The second-order valence-corrected chi connectivity index (χ2v) is 6.78. The lowest BCUT2D eigenvalue weighted by atomic mass is 10.4. The van der Waals surface area contributed by atoms with Crippen LogP contribution in [0.4, 0.5) is 0 Å². The molecule has 8 heteroatoms. The van der Waals surface area contributed by atoms with E-state index in [1.165, 1.54) is 33.3 Å². The highest BCUT2D eigenvalue weighted by atomic mass is 32.2. The maximum Gasteiger partial charge on any atom is 0.267 e. The van der Waals surface area contributed by atoms with Crippen LogP contribution in [0.5, 0.6) is 0 Å². The number of carbonyl (C=O) groups excluding carboxylic acids is 2. The Morgan fingerprint density at radius 1 is 0.889 bits per heavy atom. The van der Waals surface area contributed by atoms with Crippen LogP contribution in [0.15, 0.2) is 9.81 Å². The van der Waals surface area contributed by atoms with Crippen molar-refractivity contribution < 1.29 is 9.59 Å². The summed E-state index contributed by atoms with van der Waals surface area (Å²) in [4.78, 5) is 28.0. The smallest absolute Gasteiger partial charge is 0.267 e. The van der Waals surface area contributed by atoms with Gasteiger partial charge in [-0.25, -0.2) is 0 Å². The van der Waals surface area contributed by atoms with Crippen LogP contribution in [0.1, 0.15) is 13.8 Å². The molecule has 0 radical (unpaired) electrons. The summed E-state index contributed by atoms with van der Waals surface area (Å²) in [6.07, 6.45) is 0. The van der Waals surface area contributed by atoms with E-state index in [0.717, 1.165) is 0 Å². The van der Waals surface area contributed by atoms with Crippen LogP contribution in [-0.4, -0.2) is 43.3 Å². The van der Waals surface area contributed by atoms with Crippen LogP contribution in [0.3, 0.4) is 0 Å². The summed E-state index contributed by atoms with van der Waals surface area (Å²) < 4.78 is 0.999. The van der Waals surface area contributed by atoms with Gasteiger partial charge in [-0.1, -0.05) is 48.0 Å². The van der Waals surface area contributed by atoms with E-state index >= 15 is 0 Å². The minimum absolute atomic E-state index is 0.191. The van der Waals surface area contributed by atoms with Gasteiger partial charge >= 0.3 is 0 Å². The number of carbonyl (C=O) groups is 2. The Hall–Kier alpha value is -0.440. The van der Waals surface area contributed by atoms with Crippen molar-refractivity contribution in [2.75, 3.05) is 13.1 Å². The van der Waals surface area contributed by atoms with Crippen molar-refractivity contribution in [2.45, 2.75) is 13.8 Å². The van der Waals surface area contributed by atoms with Crippen molar-refractivity contribution in [3.05, 3.63) is 9.81 Å². The largest absolute Gasteiger partial charge is 0.293 e. The second-order valence-electron chi connectivity index (χ2n) is 3.49. The number of hydrogen-bond acceptors (Lipinski definition) is 6. The molecule has 96 valence electrons. The van der Waals surface area contributed by atoms with Crippen LogP contribution < -0.4 is 0 Å². The molecule has 0 atom stereocenters. The second kappa shape index (κ2) is 5.28. The number of hydrogen-bond donors (Lipinski definition) is 0. The van der Waals surface area contributed by atoms with Gasteiger partial charge in [0.25, 0.3) is 11.8 Å². The summed E-state index contributed by atoms with van der Waals surface area (Å²) in [7, 11) is 0. The first kappa shape index (κ1) is 14.0. The molecule has 2 amide bonds. The maximum atomic E-state index is 12.1. The van der Waals surface area contributed by atoms with E-state index in [0.29, 0.717) is 31.5 Å². The Balaban J connectivity index is 2.40. The van der Waals surface area contributed by atoms with Gasteiger partial charge in [0.15, 0.2) is 0 Å². The number of likely N-dealkylation sites (N-methyl/N-ethyl adjacent to an activating group) is 2. The fraction of sp³-hybridized carbons (Fsp3) is 0.400. The van der Waals surface area contributed by atoms with E-state index in [4.69, 9.17) is 24.4 Å². The molecule has 4 nitrogen and oxygen atoms in total. The average molecular weight is 318 g/mol. The van der Waals surface area contributed by atoms with E-state index in [-0.39, 0.29) is 11.8 Å². The predicted octanol–water partition coefficient (Wildman–Crippen LogP) is 1.96. The molecule has 0 spiro atoms. The third-order valence-electron chi connectivity index (χ3n) is 2.54. The summed E-state index contributed by atoms with van der Waals surface area (Å²) in [5, 5.41) is 0. The first-order chi connectivity index (χ1) is 8.51. The van der Waals surface area contributed by atoms with E-state index in [9.17, 15) is 9.59 Å². The van der Waals surface area contributed by atoms with Crippen LogP contribution in [0.25, 0.3) is 0 Å². The standard InChI is InChI=1S/C10H10N2O2S4/c1-3-11-7(13)5(17-9(11)15)6-8(14)12(4-2)10(16)18-6/h3-4H2,1-2H3. The fourth-order valence-corrected chi connectivity index (χ4v) is 4.54. The summed E-state index contributed by atoms with van der Waals surface area (Å²) in [6.45, 7) is 4.74. The average Bonchev–Trinajstić information content (AvgIpc) is 2.76. The minimum Gasteiger partial charge on any atom is -0.293 e. The Kier molecular flexibility index (Phi) is 4.10. The van der Waals surface area contributed by atoms with Gasteiger partial charge in [0, 0.05) is 13.1 Å². The van der Waals surface area contributed by atoms with Gasteiger partial charge in [0.05, 0.1) is 9.81 Å². The first-order valence-corrected chi connectivity index (χ1v) is 7.77. The van der Waals surface area contributed by atoms with E-state index < -0.39 is 0 Å². The molecule has 0 aromatic heterocycles. The molecule has 2 fully saturated rings. The molecule has 0 N–H and O–H groups in total. The van der Waals surface area contributed by atoms with E-state index in [1.807, 2.05) is 13.8 Å². The van der Waals surface area contributed by atoms with Crippen molar-refractivity contribution in [1.29, 1.82) is 0 Å². The third kappa shape index (κ3) is 2.11. The summed E-state index contributed by atoms with van der Waals surface area (Å²) in [5.41, 5.74) is 0. The number of thioether (sulfide) groups is 2. The Morgan fingerprint density at radius 2 is 1.22 bits per heavy atom. The zero-order chi connectivity index (χ0) is 13.4. The molecule has 0 bridgehead atoms. The van der Waals surface area contributed by atoms with Crippen LogP contribution in [-0.2, 0) is 9.59 Å². The van der Waals surface area contributed by atoms with Crippen molar-refractivity contribution in [2.24, 2.45) is 0 Å². The molecular formula is C10H10N2O2S4. The monoisotopic (exact) mass is 318 g/mol. The zero-order valence-electron chi connectivity index (χ0n) is 9.76. The molecule has 2 heterocycles. The summed E-state index contributed by atoms with van der Waals surface area (Å²) in [5.74, 6) is -0.381. The molecule has 0 aromatic carbocycles. The highest BCUT2D eigenvalue weighted by Crippen LogP contribution is 2.41. The number of thiocarbonyl (C=S) groups is 2. The third-order valence-corrected chi connectivity index (χ3v) is 5.56. The molecule has 2 aliphatic rings. The highest BCUT2D eigenvalue weighted by molar-refractivity contribution is 8.29. The highest BCUT2D eigenvalue weighted by Gasteiger charge is 2.40. The van der Waals surface area contributed by atoms with Gasteiger partial charge in [-0.2, -0.15) is 0 Å². The molecule has 0 saturated carbocycles. The Bertz CT molecular complexity index is 456. The van der Waals surface area contributed by atoms with Gasteiger partial charge in [0.2, 0.25) is 0 Å². The lowest BCUT2D eigenvalue weighted by Crippen LogP contribution is -2.29. The molecule has 2 saturated heterocycles. The quantitative estimate of drug-likeness (QED) is 0.573.